The predicted molar refractivity (Wildman–Crippen MR) is 444 cm³/mol. The smallest absolute Gasteiger partial charge is 0.0972 e. The minimum Gasteiger partial charge on any atom is -0.263 e. The molecule has 0 atom stereocenters. The first kappa shape index (κ1) is 61.9. The number of benzene rings is 12. The van der Waals surface area contributed by atoms with E-state index in [1.807, 2.05) is 67.3 Å². The molecule has 10 heterocycles. The summed E-state index contributed by atoms with van der Waals surface area (Å²) in [6, 6.07) is 114. The number of pyridine rings is 10. The van der Waals surface area contributed by atoms with Crippen molar-refractivity contribution in [1.82, 2.24) is 49.8 Å². The molecule has 0 aliphatic heterocycles. The van der Waals surface area contributed by atoms with Crippen LogP contribution in [0.25, 0.3) is 220 Å². The zero-order chi connectivity index (χ0) is 71.2. The average Bonchev–Trinajstić information content (AvgIpc) is 0.728. The summed E-state index contributed by atoms with van der Waals surface area (Å²) in [5.41, 5.74) is 24.8. The Kier molecular flexibility index (Phi) is 14.7. The zero-order valence-electron chi connectivity index (χ0n) is 58.0. The van der Waals surface area contributed by atoms with Crippen molar-refractivity contribution in [3.8, 4) is 89.9 Å². The molecule has 0 saturated carbocycles. The molecule has 500 valence electrons. The van der Waals surface area contributed by atoms with Crippen LogP contribution in [0.2, 0.25) is 0 Å². The van der Waals surface area contributed by atoms with Gasteiger partial charge >= 0.3 is 0 Å². The Morgan fingerprint density at radius 3 is 0.991 bits per heavy atom. The Hall–Kier alpha value is -14.7. The van der Waals surface area contributed by atoms with Crippen molar-refractivity contribution in [2.45, 2.75) is 0 Å². The maximum absolute atomic E-state index is 5.33. The van der Waals surface area contributed by atoms with Gasteiger partial charge in [0.15, 0.2) is 0 Å². The van der Waals surface area contributed by atoms with Crippen LogP contribution in [0.5, 0.6) is 0 Å². The van der Waals surface area contributed by atoms with Gasteiger partial charge in [-0.3, -0.25) is 15.0 Å². The van der Waals surface area contributed by atoms with Crippen LogP contribution in [0.4, 0.5) is 0 Å². The molecule has 10 aromatic heterocycles. The Morgan fingerprint density at radius 1 is 0.176 bits per heavy atom. The monoisotopic (exact) mass is 1370 g/mol. The normalized spacial score (nSPS) is 11.7. The summed E-state index contributed by atoms with van der Waals surface area (Å²) in [4.78, 5) is 49.3. The molecule has 22 aromatic rings. The second-order valence-electron chi connectivity index (χ2n) is 27.4. The van der Waals surface area contributed by atoms with E-state index in [0.717, 1.165) is 220 Å². The molecule has 10 nitrogen and oxygen atoms in total. The number of fused-ring (bicyclic) bond motifs is 14. The number of para-hydroxylation sites is 1. The van der Waals surface area contributed by atoms with Crippen LogP contribution in [0.1, 0.15) is 0 Å². The summed E-state index contributed by atoms with van der Waals surface area (Å²) in [5, 5.41) is 16.6. The van der Waals surface area contributed by atoms with E-state index >= 15 is 0 Å². The van der Waals surface area contributed by atoms with Gasteiger partial charge in [-0.25, -0.2) is 34.9 Å². The lowest BCUT2D eigenvalue weighted by molar-refractivity contribution is 1.32. The van der Waals surface area contributed by atoms with Crippen LogP contribution in [-0.2, 0) is 0 Å². The van der Waals surface area contributed by atoms with Crippen LogP contribution >= 0.6 is 0 Å². The summed E-state index contributed by atoms with van der Waals surface area (Å²) in [7, 11) is 0. The van der Waals surface area contributed by atoms with E-state index in [4.69, 9.17) is 39.9 Å². The third-order valence-corrected chi connectivity index (χ3v) is 21.0. The molecule has 0 saturated heterocycles. The highest BCUT2D eigenvalue weighted by atomic mass is 14.8. The predicted octanol–water partition coefficient (Wildman–Crippen LogP) is 24.5. The molecule has 0 aliphatic rings. The summed E-state index contributed by atoms with van der Waals surface area (Å²) < 4.78 is 0. The molecule has 0 unspecified atom stereocenters. The fourth-order valence-corrected chi connectivity index (χ4v) is 15.6. The van der Waals surface area contributed by atoms with Crippen molar-refractivity contribution in [2.75, 3.05) is 0 Å². The third kappa shape index (κ3) is 11.0. The fourth-order valence-electron chi connectivity index (χ4n) is 15.6. The average molecular weight is 1380 g/mol. The van der Waals surface area contributed by atoms with Crippen LogP contribution in [0.3, 0.4) is 0 Å². The third-order valence-electron chi connectivity index (χ3n) is 21.0. The van der Waals surface area contributed by atoms with Crippen molar-refractivity contribution in [3.05, 3.63) is 352 Å². The second kappa shape index (κ2) is 25.6. The first-order valence-corrected chi connectivity index (χ1v) is 36.1. The van der Waals surface area contributed by atoms with E-state index in [-0.39, 0.29) is 0 Å². The summed E-state index contributed by atoms with van der Waals surface area (Å²) >= 11 is 0. The van der Waals surface area contributed by atoms with E-state index in [0.29, 0.717) is 0 Å². The molecule has 108 heavy (non-hydrogen) atoms. The fraction of sp³-hybridized carbons (Fsp3) is 0. The molecule has 0 aliphatic carbocycles. The zero-order valence-corrected chi connectivity index (χ0v) is 58.0. The first-order chi connectivity index (χ1) is 53.4. The van der Waals surface area contributed by atoms with E-state index in [2.05, 4.69) is 295 Å². The Balaban J connectivity index is 0.000000139. The molecule has 22 rings (SSSR count). The topological polar surface area (TPSA) is 129 Å². The molecular formula is C98H58N10. The second-order valence-corrected chi connectivity index (χ2v) is 27.4. The van der Waals surface area contributed by atoms with Crippen molar-refractivity contribution in [2.24, 2.45) is 0 Å². The quantitative estimate of drug-likeness (QED) is 0.107. The van der Waals surface area contributed by atoms with Gasteiger partial charge in [-0.1, -0.05) is 218 Å². The van der Waals surface area contributed by atoms with Gasteiger partial charge in [0, 0.05) is 106 Å². The first-order valence-electron chi connectivity index (χ1n) is 36.1. The van der Waals surface area contributed by atoms with Gasteiger partial charge in [0.25, 0.3) is 0 Å². The standard InChI is InChI=1S/C53H31N5.C45H27N5/c1-2-10-39-38(8-1)30-54-31-44(39)47-24-20-36-28-34(18-22-45(36)56-47)35-19-23-46-37(29-35)21-26-48(57-46)50-40-11-3-5-13-42(40)51(43-14-6-4-12-41(43)50)49-25-17-33-16-15-32-9-7-27-55-52(32)53(33)58-49;1-2-6-37-28(4-1)13-23-42(48-37)43-24-18-36-27-34(16-21-41(36)49-43)33-15-20-40-35(26-33)17-22-38(47-40)29-7-9-30(10-8-29)39-19-14-32-12-11-31-5-3-25-46-44(31)45(32)50-39/h1-31H;1-27H. The minimum atomic E-state index is 0.870. The number of nitrogens with zero attached hydrogens (tertiary/aromatic N) is 10. The van der Waals surface area contributed by atoms with Crippen molar-refractivity contribution >= 4 is 130 Å². The maximum Gasteiger partial charge on any atom is 0.0972 e. The van der Waals surface area contributed by atoms with Gasteiger partial charge in [0.05, 0.1) is 89.5 Å². The summed E-state index contributed by atoms with van der Waals surface area (Å²) in [6.45, 7) is 0. The van der Waals surface area contributed by atoms with E-state index < -0.39 is 0 Å². The Morgan fingerprint density at radius 2 is 0.491 bits per heavy atom. The molecule has 12 aromatic carbocycles. The van der Waals surface area contributed by atoms with Crippen LogP contribution < -0.4 is 0 Å². The van der Waals surface area contributed by atoms with Crippen LogP contribution in [0, 0.1) is 0 Å². The number of aromatic nitrogens is 10. The largest absolute Gasteiger partial charge is 0.263 e. The number of rotatable bonds is 8. The lowest BCUT2D eigenvalue weighted by atomic mass is 9.88. The van der Waals surface area contributed by atoms with Gasteiger partial charge in [-0.2, -0.15) is 0 Å². The molecular weight excluding hydrogens is 1320 g/mol. The van der Waals surface area contributed by atoms with Crippen molar-refractivity contribution in [1.29, 1.82) is 0 Å². The Bertz CT molecular complexity index is 7400. The molecule has 0 spiro atoms. The van der Waals surface area contributed by atoms with Crippen molar-refractivity contribution < 1.29 is 0 Å². The molecule has 10 heteroatoms. The van der Waals surface area contributed by atoms with Gasteiger partial charge in [0.1, 0.15) is 0 Å². The van der Waals surface area contributed by atoms with Gasteiger partial charge < -0.3 is 0 Å². The molecule has 0 radical (unpaired) electrons. The van der Waals surface area contributed by atoms with Gasteiger partial charge in [0.2, 0.25) is 0 Å². The molecule has 0 N–H and O–H groups in total. The van der Waals surface area contributed by atoms with Gasteiger partial charge in [-0.05, 0) is 158 Å². The molecule has 0 bridgehead atoms. The van der Waals surface area contributed by atoms with E-state index in [1.165, 1.54) is 0 Å². The van der Waals surface area contributed by atoms with Crippen LogP contribution in [0.15, 0.2) is 352 Å². The Labute approximate surface area is 618 Å². The highest BCUT2D eigenvalue weighted by Crippen LogP contribution is 2.45. The summed E-state index contributed by atoms with van der Waals surface area (Å²) in [5.74, 6) is 0. The van der Waals surface area contributed by atoms with E-state index in [1.54, 1.807) is 0 Å². The lowest BCUT2D eigenvalue weighted by Gasteiger charge is -2.17. The summed E-state index contributed by atoms with van der Waals surface area (Å²) in [6.07, 6.45) is 7.47. The van der Waals surface area contributed by atoms with Crippen LogP contribution in [-0.4, -0.2) is 49.8 Å². The lowest BCUT2D eigenvalue weighted by Crippen LogP contribution is -1.95. The highest BCUT2D eigenvalue weighted by Gasteiger charge is 2.21. The van der Waals surface area contributed by atoms with E-state index in [9.17, 15) is 0 Å². The number of hydrogen-bond donors (Lipinski definition) is 0. The maximum atomic E-state index is 5.33. The SMILES string of the molecule is c1ccc2c(-c3ccc4cc(-c5ccc6nc(-c7c8ccccc8c(-c8ccc9ccc%10cccnc%10c9n8)c8ccccc78)ccc6c5)ccc4n3)cncc2c1.c1ccc2nc(-c3ccc4cc(-c5ccc6nc(-c7ccc(-c8ccc9ccc%10cccnc%10c9n8)cc7)ccc6c5)ccc4n3)ccc2c1. The molecule has 0 amide bonds. The number of hydrogen-bond acceptors (Lipinski definition) is 10. The highest BCUT2D eigenvalue weighted by molar-refractivity contribution is 6.21. The van der Waals surface area contributed by atoms with Crippen molar-refractivity contribution in [3.63, 3.8) is 0 Å². The van der Waals surface area contributed by atoms with Gasteiger partial charge in [-0.15, -0.1) is 0 Å². The minimum absolute atomic E-state index is 0.870. The molecule has 0 fully saturated rings.